The summed E-state index contributed by atoms with van der Waals surface area (Å²) in [6.45, 7) is 3.34. The number of aromatic nitrogens is 1. The maximum absolute atomic E-state index is 12.6. The number of nitrogens with one attached hydrogen (secondary N) is 1. The molecule has 1 aliphatic heterocycles. The van der Waals surface area contributed by atoms with Gasteiger partial charge in [-0.15, -0.1) is 0 Å². The lowest BCUT2D eigenvalue weighted by Crippen LogP contribution is -2.34. The molecule has 0 bridgehead atoms. The van der Waals surface area contributed by atoms with Crippen molar-refractivity contribution in [3.05, 3.63) is 59.4 Å². The molecule has 3 rings (SSSR count). The SMILES string of the molecule is COc1cccc(C(=O)N2CC[C@H](C(=O)NCc3cccc(C)n3)C2)c1. The Morgan fingerprint density at radius 1 is 1.27 bits per heavy atom. The molecule has 1 aromatic carbocycles. The Balaban J connectivity index is 1.55. The summed E-state index contributed by atoms with van der Waals surface area (Å²) in [4.78, 5) is 31.1. The van der Waals surface area contributed by atoms with Crippen LogP contribution in [0.3, 0.4) is 0 Å². The maximum atomic E-state index is 12.6. The van der Waals surface area contributed by atoms with E-state index in [-0.39, 0.29) is 17.7 Å². The first kappa shape index (κ1) is 17.9. The summed E-state index contributed by atoms with van der Waals surface area (Å²) in [5.74, 6) is 0.359. The molecule has 2 heterocycles. The fraction of sp³-hybridized carbons (Fsp3) is 0.350. The van der Waals surface area contributed by atoms with Gasteiger partial charge in [-0.3, -0.25) is 14.6 Å². The van der Waals surface area contributed by atoms with Crippen LogP contribution in [0.25, 0.3) is 0 Å². The van der Waals surface area contributed by atoms with Crippen molar-refractivity contribution in [3.63, 3.8) is 0 Å². The first-order valence-electron chi connectivity index (χ1n) is 8.70. The highest BCUT2D eigenvalue weighted by molar-refractivity contribution is 5.95. The largest absolute Gasteiger partial charge is 0.497 e. The van der Waals surface area contributed by atoms with Gasteiger partial charge in [0.15, 0.2) is 0 Å². The maximum Gasteiger partial charge on any atom is 0.254 e. The fourth-order valence-corrected chi connectivity index (χ4v) is 3.12. The van der Waals surface area contributed by atoms with Crippen molar-refractivity contribution in [1.29, 1.82) is 0 Å². The average Bonchev–Trinajstić information content (AvgIpc) is 3.16. The molecule has 0 unspecified atom stereocenters. The average molecular weight is 353 g/mol. The van der Waals surface area contributed by atoms with E-state index in [1.807, 2.05) is 25.1 Å². The number of amides is 2. The molecule has 6 heteroatoms. The predicted molar refractivity (Wildman–Crippen MR) is 97.8 cm³/mol. The Hall–Kier alpha value is -2.89. The molecule has 2 aromatic rings. The second-order valence-electron chi connectivity index (χ2n) is 6.46. The first-order chi connectivity index (χ1) is 12.6. The standard InChI is InChI=1S/C20H23N3O3/c1-14-5-3-7-17(22-14)12-21-19(24)16-9-10-23(13-16)20(25)15-6-4-8-18(11-15)26-2/h3-8,11,16H,9-10,12-13H2,1-2H3,(H,21,24)/t16-/m0/s1. The summed E-state index contributed by atoms with van der Waals surface area (Å²) in [5, 5.41) is 2.93. The van der Waals surface area contributed by atoms with Gasteiger partial charge in [-0.2, -0.15) is 0 Å². The topological polar surface area (TPSA) is 71.5 Å². The molecule has 26 heavy (non-hydrogen) atoms. The van der Waals surface area contributed by atoms with Gasteiger partial charge in [-0.1, -0.05) is 12.1 Å². The molecular formula is C20H23N3O3. The highest BCUT2D eigenvalue weighted by Gasteiger charge is 2.31. The van der Waals surface area contributed by atoms with Gasteiger partial charge in [0, 0.05) is 24.3 Å². The smallest absolute Gasteiger partial charge is 0.254 e. The number of likely N-dealkylation sites (tertiary alicyclic amines) is 1. The predicted octanol–water partition coefficient (Wildman–Crippen LogP) is 2.18. The number of methoxy groups -OCH3 is 1. The lowest BCUT2D eigenvalue weighted by atomic mass is 10.1. The fourth-order valence-electron chi connectivity index (χ4n) is 3.12. The normalized spacial score (nSPS) is 16.4. The number of aryl methyl sites for hydroxylation is 1. The van der Waals surface area contributed by atoms with Crippen molar-refractivity contribution < 1.29 is 14.3 Å². The van der Waals surface area contributed by atoms with E-state index in [0.717, 1.165) is 11.4 Å². The van der Waals surface area contributed by atoms with E-state index in [2.05, 4.69) is 10.3 Å². The highest BCUT2D eigenvalue weighted by Crippen LogP contribution is 2.21. The third kappa shape index (κ3) is 4.20. The van der Waals surface area contributed by atoms with Crippen molar-refractivity contribution in [2.75, 3.05) is 20.2 Å². The van der Waals surface area contributed by atoms with Crippen LogP contribution in [-0.2, 0) is 11.3 Å². The van der Waals surface area contributed by atoms with Crippen molar-refractivity contribution >= 4 is 11.8 Å². The molecule has 1 N–H and O–H groups in total. The zero-order chi connectivity index (χ0) is 18.5. The number of benzene rings is 1. The van der Waals surface area contributed by atoms with E-state index in [0.29, 0.717) is 37.4 Å². The van der Waals surface area contributed by atoms with Crippen LogP contribution in [0.1, 0.15) is 28.2 Å². The minimum absolute atomic E-state index is 0.0331. The van der Waals surface area contributed by atoms with Gasteiger partial charge in [0.1, 0.15) is 5.75 Å². The van der Waals surface area contributed by atoms with Crippen LogP contribution in [-0.4, -0.2) is 41.9 Å². The molecular weight excluding hydrogens is 330 g/mol. The Morgan fingerprint density at radius 3 is 2.85 bits per heavy atom. The van der Waals surface area contributed by atoms with Gasteiger partial charge in [0.25, 0.3) is 5.91 Å². The van der Waals surface area contributed by atoms with Gasteiger partial charge in [0.2, 0.25) is 5.91 Å². The minimum atomic E-state index is -0.186. The number of pyridine rings is 1. The molecule has 1 aromatic heterocycles. The molecule has 2 amide bonds. The Morgan fingerprint density at radius 2 is 2.08 bits per heavy atom. The molecule has 1 fully saturated rings. The molecule has 6 nitrogen and oxygen atoms in total. The molecule has 0 radical (unpaired) electrons. The summed E-state index contributed by atoms with van der Waals surface area (Å²) in [6, 6.07) is 12.8. The second-order valence-corrected chi connectivity index (χ2v) is 6.46. The van der Waals surface area contributed by atoms with E-state index in [1.165, 1.54) is 0 Å². The zero-order valence-corrected chi connectivity index (χ0v) is 15.1. The summed E-state index contributed by atoms with van der Waals surface area (Å²) < 4.78 is 5.17. The number of carbonyl (C=O) groups is 2. The first-order valence-corrected chi connectivity index (χ1v) is 8.70. The molecule has 0 saturated carbocycles. The summed E-state index contributed by atoms with van der Waals surface area (Å²) in [7, 11) is 1.57. The van der Waals surface area contributed by atoms with E-state index >= 15 is 0 Å². The zero-order valence-electron chi connectivity index (χ0n) is 15.1. The third-order valence-corrected chi connectivity index (χ3v) is 4.55. The van der Waals surface area contributed by atoms with Gasteiger partial charge in [-0.25, -0.2) is 0 Å². The number of carbonyl (C=O) groups excluding carboxylic acids is 2. The Labute approximate surface area is 153 Å². The van der Waals surface area contributed by atoms with Crippen LogP contribution in [0.4, 0.5) is 0 Å². The van der Waals surface area contributed by atoms with Crippen molar-refractivity contribution in [2.24, 2.45) is 5.92 Å². The Kier molecular flexibility index (Phi) is 5.51. The number of rotatable bonds is 5. The molecule has 1 saturated heterocycles. The van der Waals surface area contributed by atoms with Crippen LogP contribution in [0.5, 0.6) is 5.75 Å². The van der Waals surface area contributed by atoms with Crippen molar-refractivity contribution in [3.8, 4) is 5.75 Å². The van der Waals surface area contributed by atoms with E-state index in [4.69, 9.17) is 4.74 Å². The number of ether oxygens (including phenoxy) is 1. The number of hydrogen-bond donors (Lipinski definition) is 1. The number of nitrogens with zero attached hydrogens (tertiary/aromatic N) is 2. The minimum Gasteiger partial charge on any atom is -0.497 e. The lowest BCUT2D eigenvalue weighted by Gasteiger charge is -2.17. The summed E-state index contributed by atoms with van der Waals surface area (Å²) in [5.41, 5.74) is 2.34. The van der Waals surface area contributed by atoms with Crippen molar-refractivity contribution in [1.82, 2.24) is 15.2 Å². The second kappa shape index (κ2) is 7.99. The van der Waals surface area contributed by atoms with Gasteiger partial charge in [-0.05, 0) is 43.7 Å². The van der Waals surface area contributed by atoms with Crippen molar-refractivity contribution in [2.45, 2.75) is 19.9 Å². The number of hydrogen-bond acceptors (Lipinski definition) is 4. The van der Waals surface area contributed by atoms with E-state index < -0.39 is 0 Å². The lowest BCUT2D eigenvalue weighted by molar-refractivity contribution is -0.124. The molecule has 0 spiro atoms. The molecule has 136 valence electrons. The third-order valence-electron chi connectivity index (χ3n) is 4.55. The van der Waals surface area contributed by atoms with Gasteiger partial charge in [0.05, 0.1) is 25.3 Å². The highest BCUT2D eigenvalue weighted by atomic mass is 16.5. The molecule has 1 aliphatic rings. The van der Waals surface area contributed by atoms with E-state index in [9.17, 15) is 9.59 Å². The molecule has 0 aliphatic carbocycles. The van der Waals surface area contributed by atoms with Gasteiger partial charge >= 0.3 is 0 Å². The van der Waals surface area contributed by atoms with Crippen LogP contribution < -0.4 is 10.1 Å². The van der Waals surface area contributed by atoms with Crippen LogP contribution in [0.15, 0.2) is 42.5 Å². The van der Waals surface area contributed by atoms with Gasteiger partial charge < -0.3 is 15.0 Å². The van der Waals surface area contributed by atoms with Crippen LogP contribution >= 0.6 is 0 Å². The monoisotopic (exact) mass is 353 g/mol. The molecule has 1 atom stereocenters. The van der Waals surface area contributed by atoms with E-state index in [1.54, 1.807) is 36.3 Å². The van der Waals surface area contributed by atoms with Crippen LogP contribution in [0.2, 0.25) is 0 Å². The van der Waals surface area contributed by atoms with Crippen LogP contribution in [0, 0.1) is 12.8 Å². The summed E-state index contributed by atoms with van der Waals surface area (Å²) in [6.07, 6.45) is 0.669. The summed E-state index contributed by atoms with van der Waals surface area (Å²) >= 11 is 0. The Bertz CT molecular complexity index is 806. The quantitative estimate of drug-likeness (QED) is 0.894.